The van der Waals surface area contributed by atoms with Crippen molar-refractivity contribution in [1.29, 1.82) is 5.26 Å². The summed E-state index contributed by atoms with van der Waals surface area (Å²) in [4.78, 5) is 11.3. The van der Waals surface area contributed by atoms with Gasteiger partial charge >= 0.3 is 0 Å². The highest BCUT2D eigenvalue weighted by atomic mass is 16.1. The number of ketones is 1. The first-order valence-electron chi connectivity index (χ1n) is 5.22. The third-order valence-corrected chi connectivity index (χ3v) is 3.59. The fourth-order valence-electron chi connectivity index (χ4n) is 2.93. The molecule has 70 valence electrons. The Morgan fingerprint density at radius 1 is 1.23 bits per heavy atom. The second-order valence-electron chi connectivity index (χ2n) is 4.39. The molecule has 2 nitrogen and oxygen atoms in total. The summed E-state index contributed by atoms with van der Waals surface area (Å²) < 4.78 is 0. The molecule has 2 rings (SSSR count). The van der Waals surface area contributed by atoms with Crippen LogP contribution in [0.15, 0.2) is 0 Å². The zero-order valence-electron chi connectivity index (χ0n) is 7.83. The Hall–Kier alpha value is -0.840. The molecule has 0 saturated heterocycles. The van der Waals surface area contributed by atoms with Gasteiger partial charge in [0.05, 0.1) is 12.0 Å². The third kappa shape index (κ3) is 1.60. The maximum atomic E-state index is 11.3. The molecule has 2 aliphatic rings. The van der Waals surface area contributed by atoms with Gasteiger partial charge in [-0.1, -0.05) is 12.8 Å². The van der Waals surface area contributed by atoms with E-state index in [0.29, 0.717) is 24.0 Å². The standard InChI is InChI=1S/C11H15NO/c12-7-9-6-10(13)5-8-3-1-2-4-11(8)9/h8-9,11H,1-6H2/t8-,9-,11+/m1/s1. The van der Waals surface area contributed by atoms with Crippen molar-refractivity contribution in [2.45, 2.75) is 38.5 Å². The molecule has 2 aliphatic carbocycles. The van der Waals surface area contributed by atoms with E-state index in [2.05, 4.69) is 6.07 Å². The van der Waals surface area contributed by atoms with Crippen LogP contribution in [0, 0.1) is 29.1 Å². The number of rotatable bonds is 0. The van der Waals surface area contributed by atoms with Crippen LogP contribution < -0.4 is 0 Å². The average Bonchev–Trinajstić information content (AvgIpc) is 2.16. The van der Waals surface area contributed by atoms with Gasteiger partial charge in [-0.05, 0) is 24.7 Å². The summed E-state index contributed by atoms with van der Waals surface area (Å²) in [6, 6.07) is 2.31. The molecule has 2 saturated carbocycles. The van der Waals surface area contributed by atoms with Crippen LogP contribution in [0.3, 0.4) is 0 Å². The number of carbonyl (C=O) groups is 1. The fraction of sp³-hybridized carbons (Fsp3) is 0.818. The van der Waals surface area contributed by atoms with Crippen molar-refractivity contribution in [2.75, 3.05) is 0 Å². The van der Waals surface area contributed by atoms with Crippen LogP contribution >= 0.6 is 0 Å². The van der Waals surface area contributed by atoms with Gasteiger partial charge in [0.25, 0.3) is 0 Å². The van der Waals surface area contributed by atoms with Gasteiger partial charge in [-0.3, -0.25) is 4.79 Å². The lowest BCUT2D eigenvalue weighted by Crippen LogP contribution is -2.34. The second-order valence-corrected chi connectivity index (χ2v) is 4.39. The van der Waals surface area contributed by atoms with Crippen LogP contribution in [-0.2, 0) is 4.79 Å². The van der Waals surface area contributed by atoms with Gasteiger partial charge in [0.1, 0.15) is 5.78 Å². The first kappa shape index (κ1) is 8.74. The van der Waals surface area contributed by atoms with Crippen molar-refractivity contribution < 1.29 is 4.79 Å². The van der Waals surface area contributed by atoms with E-state index in [1.165, 1.54) is 25.7 Å². The molecule has 0 bridgehead atoms. The van der Waals surface area contributed by atoms with E-state index in [4.69, 9.17) is 5.26 Å². The van der Waals surface area contributed by atoms with Crippen LogP contribution in [0.25, 0.3) is 0 Å². The molecule has 13 heavy (non-hydrogen) atoms. The summed E-state index contributed by atoms with van der Waals surface area (Å²) in [7, 11) is 0. The zero-order chi connectivity index (χ0) is 9.26. The van der Waals surface area contributed by atoms with E-state index in [1.807, 2.05) is 0 Å². The molecule has 0 radical (unpaired) electrons. The number of carbonyl (C=O) groups excluding carboxylic acids is 1. The summed E-state index contributed by atoms with van der Waals surface area (Å²) in [5, 5.41) is 8.95. The molecule has 0 amide bonds. The van der Waals surface area contributed by atoms with Crippen molar-refractivity contribution >= 4 is 5.78 Å². The van der Waals surface area contributed by atoms with Gasteiger partial charge in [-0.2, -0.15) is 5.26 Å². The number of nitrogens with zero attached hydrogens (tertiary/aromatic N) is 1. The summed E-state index contributed by atoms with van der Waals surface area (Å²) in [6.07, 6.45) is 6.14. The van der Waals surface area contributed by atoms with Crippen molar-refractivity contribution in [3.8, 4) is 6.07 Å². The van der Waals surface area contributed by atoms with Crippen molar-refractivity contribution in [2.24, 2.45) is 17.8 Å². The normalized spacial score (nSPS) is 39.3. The van der Waals surface area contributed by atoms with Gasteiger partial charge in [0.2, 0.25) is 0 Å². The van der Waals surface area contributed by atoms with Gasteiger partial charge in [-0.15, -0.1) is 0 Å². The highest BCUT2D eigenvalue weighted by Gasteiger charge is 2.38. The lowest BCUT2D eigenvalue weighted by molar-refractivity contribution is -0.124. The van der Waals surface area contributed by atoms with Gasteiger partial charge < -0.3 is 0 Å². The molecule has 3 atom stereocenters. The van der Waals surface area contributed by atoms with E-state index in [0.717, 1.165) is 6.42 Å². The average molecular weight is 177 g/mol. The highest BCUT2D eigenvalue weighted by Crippen LogP contribution is 2.42. The van der Waals surface area contributed by atoms with Crippen LogP contribution in [0.5, 0.6) is 0 Å². The van der Waals surface area contributed by atoms with E-state index in [9.17, 15) is 4.79 Å². The molecule has 0 N–H and O–H groups in total. The molecule has 0 aromatic carbocycles. The number of hydrogen-bond donors (Lipinski definition) is 0. The lowest BCUT2D eigenvalue weighted by atomic mass is 9.65. The van der Waals surface area contributed by atoms with Crippen molar-refractivity contribution in [3.05, 3.63) is 0 Å². The molecular weight excluding hydrogens is 162 g/mol. The molecule has 0 unspecified atom stereocenters. The van der Waals surface area contributed by atoms with Crippen LogP contribution in [-0.4, -0.2) is 5.78 Å². The minimum absolute atomic E-state index is 0.0338. The summed E-state index contributed by atoms with van der Waals surface area (Å²) in [5.74, 6) is 1.43. The molecule has 0 aliphatic heterocycles. The Kier molecular flexibility index (Phi) is 2.35. The third-order valence-electron chi connectivity index (χ3n) is 3.59. The van der Waals surface area contributed by atoms with Gasteiger partial charge in [0.15, 0.2) is 0 Å². The Morgan fingerprint density at radius 3 is 2.77 bits per heavy atom. The van der Waals surface area contributed by atoms with E-state index >= 15 is 0 Å². The molecular formula is C11H15NO. The second kappa shape index (κ2) is 3.49. The van der Waals surface area contributed by atoms with Gasteiger partial charge in [-0.25, -0.2) is 0 Å². The zero-order valence-corrected chi connectivity index (χ0v) is 7.83. The number of nitriles is 1. The van der Waals surface area contributed by atoms with Crippen LogP contribution in [0.1, 0.15) is 38.5 Å². The Bertz CT molecular complexity index is 253. The molecule has 2 fully saturated rings. The first-order chi connectivity index (χ1) is 6.31. The van der Waals surface area contributed by atoms with E-state index < -0.39 is 0 Å². The fourth-order valence-corrected chi connectivity index (χ4v) is 2.93. The van der Waals surface area contributed by atoms with Crippen LogP contribution in [0.4, 0.5) is 0 Å². The summed E-state index contributed by atoms with van der Waals surface area (Å²) >= 11 is 0. The minimum atomic E-state index is 0.0338. The topological polar surface area (TPSA) is 40.9 Å². The highest BCUT2D eigenvalue weighted by molar-refractivity contribution is 5.80. The predicted molar refractivity (Wildman–Crippen MR) is 48.8 cm³/mol. The lowest BCUT2D eigenvalue weighted by Gasteiger charge is -2.37. The summed E-state index contributed by atoms with van der Waals surface area (Å²) in [5.41, 5.74) is 0. The quantitative estimate of drug-likeness (QED) is 0.569. The SMILES string of the molecule is N#C[C@H]1CC(=O)C[C@H]2CCCC[C@@H]21. The number of Topliss-reactive ketones (excluding diaryl/α,β-unsaturated/α-hetero) is 1. The first-order valence-corrected chi connectivity index (χ1v) is 5.22. The molecule has 0 spiro atoms. The Labute approximate surface area is 78.9 Å². The maximum absolute atomic E-state index is 11.3. The Balaban J connectivity index is 2.12. The Morgan fingerprint density at radius 2 is 2.00 bits per heavy atom. The van der Waals surface area contributed by atoms with Crippen molar-refractivity contribution in [1.82, 2.24) is 0 Å². The molecule has 0 heterocycles. The monoisotopic (exact) mass is 177 g/mol. The van der Waals surface area contributed by atoms with Crippen LogP contribution in [0.2, 0.25) is 0 Å². The minimum Gasteiger partial charge on any atom is -0.300 e. The van der Waals surface area contributed by atoms with Gasteiger partial charge in [0, 0.05) is 12.8 Å². The molecule has 0 aromatic heterocycles. The van der Waals surface area contributed by atoms with E-state index in [-0.39, 0.29) is 5.92 Å². The number of fused-ring (bicyclic) bond motifs is 1. The molecule has 2 heteroatoms. The maximum Gasteiger partial charge on any atom is 0.134 e. The summed E-state index contributed by atoms with van der Waals surface area (Å²) in [6.45, 7) is 0. The predicted octanol–water partition coefficient (Wildman–Crippen LogP) is 2.30. The van der Waals surface area contributed by atoms with Crippen molar-refractivity contribution in [3.63, 3.8) is 0 Å². The van der Waals surface area contributed by atoms with E-state index in [1.54, 1.807) is 0 Å². The smallest absolute Gasteiger partial charge is 0.134 e. The number of hydrogen-bond acceptors (Lipinski definition) is 2. The largest absolute Gasteiger partial charge is 0.300 e. The molecule has 0 aromatic rings.